The number of nitrogens with one attached hydrogen (secondary N) is 1. The number of carbonyl (C=O) groups excluding carboxylic acids is 1. The first kappa shape index (κ1) is 20.6. The minimum Gasteiger partial charge on any atom is -0.493 e. The molecule has 0 aliphatic carbocycles. The number of likely N-dealkylation sites (tertiary alicyclic amines) is 1. The van der Waals surface area contributed by atoms with Crippen molar-refractivity contribution in [2.75, 3.05) is 32.6 Å². The van der Waals surface area contributed by atoms with Crippen LogP contribution in [0.15, 0.2) is 40.9 Å². The monoisotopic (exact) mass is 475 g/mol. The van der Waals surface area contributed by atoms with Crippen LogP contribution in [0.4, 0.5) is 5.69 Å². The number of para-hydroxylation sites is 1. The molecule has 0 saturated carbocycles. The van der Waals surface area contributed by atoms with E-state index in [0.717, 1.165) is 0 Å². The van der Waals surface area contributed by atoms with E-state index in [0.29, 0.717) is 45.9 Å². The molecule has 3 atom stereocenters. The number of rotatable bonds is 5. The van der Waals surface area contributed by atoms with Crippen LogP contribution in [0.5, 0.6) is 11.5 Å². The highest BCUT2D eigenvalue weighted by Gasteiger charge is 2.68. The van der Waals surface area contributed by atoms with Gasteiger partial charge in [0.25, 0.3) is 11.9 Å². The van der Waals surface area contributed by atoms with Crippen LogP contribution in [-0.4, -0.2) is 49.1 Å². The number of hydrogen-bond donors (Lipinski definition) is 1. The van der Waals surface area contributed by atoms with E-state index in [2.05, 4.69) is 21.2 Å². The van der Waals surface area contributed by atoms with Gasteiger partial charge in [-0.1, -0.05) is 34.1 Å². The summed E-state index contributed by atoms with van der Waals surface area (Å²) in [7, 11) is 3.29. The van der Waals surface area contributed by atoms with Crippen molar-refractivity contribution in [2.45, 2.75) is 24.4 Å². The Morgan fingerprint density at radius 2 is 2.07 bits per heavy atom. The molecule has 2 aliphatic heterocycles. The summed E-state index contributed by atoms with van der Waals surface area (Å²) in [5.74, 6) is 0.139. The molecule has 2 heterocycles. The Kier molecular flexibility index (Phi) is 5.19. The highest BCUT2D eigenvalue weighted by atomic mass is 79.9. The van der Waals surface area contributed by atoms with E-state index >= 15 is 0 Å². The summed E-state index contributed by atoms with van der Waals surface area (Å²) in [6.07, 6.45) is 0. The van der Waals surface area contributed by atoms with E-state index in [9.17, 15) is 14.9 Å². The van der Waals surface area contributed by atoms with E-state index in [4.69, 9.17) is 9.47 Å². The summed E-state index contributed by atoms with van der Waals surface area (Å²) in [5, 5.41) is 15.2. The minimum atomic E-state index is -1.38. The van der Waals surface area contributed by atoms with Crippen LogP contribution >= 0.6 is 15.9 Å². The summed E-state index contributed by atoms with van der Waals surface area (Å²) in [5.41, 5.74) is 0.578. The summed E-state index contributed by atoms with van der Waals surface area (Å²) >= 11 is 3.55. The molecule has 2 aromatic carbocycles. The number of fused-ring (bicyclic) bond motifs is 2. The lowest BCUT2D eigenvalue weighted by Crippen LogP contribution is -2.54. The molecule has 1 saturated heterocycles. The van der Waals surface area contributed by atoms with E-state index in [1.54, 1.807) is 48.3 Å². The van der Waals surface area contributed by atoms with Gasteiger partial charge >= 0.3 is 0 Å². The zero-order chi connectivity index (χ0) is 21.6. The predicted molar refractivity (Wildman–Crippen MR) is 115 cm³/mol. The quantitative estimate of drug-likeness (QED) is 0.526. The number of nitrogens with zero attached hydrogens (tertiary/aromatic N) is 2. The van der Waals surface area contributed by atoms with Gasteiger partial charge in [0.1, 0.15) is 0 Å². The van der Waals surface area contributed by atoms with Crippen LogP contribution in [0.25, 0.3) is 0 Å². The fraction of sp³-hybridized carbons (Fsp3) is 0.381. The molecule has 0 aromatic heterocycles. The van der Waals surface area contributed by atoms with Crippen LogP contribution in [0.3, 0.4) is 0 Å². The second-order valence-corrected chi connectivity index (χ2v) is 8.30. The van der Waals surface area contributed by atoms with Gasteiger partial charge in [-0.2, -0.15) is 0 Å². The second-order valence-electron chi connectivity index (χ2n) is 7.44. The number of hydrogen-bond acceptors (Lipinski definition) is 6. The van der Waals surface area contributed by atoms with Crippen LogP contribution < -0.4 is 14.8 Å². The average molecular weight is 476 g/mol. The summed E-state index contributed by atoms with van der Waals surface area (Å²) in [6, 6.07) is 9.52. The number of halogens is 1. The lowest BCUT2D eigenvalue weighted by molar-refractivity contribution is -0.534. The van der Waals surface area contributed by atoms with Gasteiger partial charge in [-0.3, -0.25) is 19.8 Å². The average Bonchev–Trinajstić information content (AvgIpc) is 3.18. The van der Waals surface area contributed by atoms with Gasteiger partial charge in [0.15, 0.2) is 17.0 Å². The Hall–Kier alpha value is -2.65. The highest BCUT2D eigenvalue weighted by molar-refractivity contribution is 9.10. The number of amides is 1. The van der Waals surface area contributed by atoms with Crippen molar-refractivity contribution in [1.82, 2.24) is 4.90 Å². The SMILES string of the molecule is CCOc1cc(Br)c([C@@H]2CN(C)[C@@]3(C(=O)Nc4ccccc43)[C@H]2[N+](=O)[O-])cc1OC. The van der Waals surface area contributed by atoms with Gasteiger partial charge in [-0.15, -0.1) is 0 Å². The maximum atomic E-state index is 13.2. The first-order valence-electron chi connectivity index (χ1n) is 9.62. The van der Waals surface area contributed by atoms with Crippen molar-refractivity contribution in [1.29, 1.82) is 0 Å². The molecular weight excluding hydrogens is 454 g/mol. The molecule has 1 amide bonds. The predicted octanol–water partition coefficient (Wildman–Crippen LogP) is 3.38. The smallest absolute Gasteiger partial charge is 0.256 e. The van der Waals surface area contributed by atoms with E-state index in [1.807, 2.05) is 6.92 Å². The number of methoxy groups -OCH3 is 1. The Balaban J connectivity index is 1.88. The lowest BCUT2D eigenvalue weighted by Gasteiger charge is -2.30. The van der Waals surface area contributed by atoms with Crippen molar-refractivity contribution >= 4 is 27.5 Å². The molecule has 1 N–H and O–H groups in total. The third kappa shape index (κ3) is 2.79. The van der Waals surface area contributed by atoms with Crippen molar-refractivity contribution in [3.05, 3.63) is 62.1 Å². The molecule has 0 unspecified atom stereocenters. The summed E-state index contributed by atoms with van der Waals surface area (Å²) in [6.45, 7) is 2.67. The van der Waals surface area contributed by atoms with Gasteiger partial charge in [-0.25, -0.2) is 0 Å². The number of carbonyl (C=O) groups is 1. The van der Waals surface area contributed by atoms with Gasteiger partial charge in [0, 0.05) is 27.2 Å². The molecule has 0 bridgehead atoms. The molecule has 2 aromatic rings. The normalized spacial score (nSPS) is 25.3. The lowest BCUT2D eigenvalue weighted by atomic mass is 9.79. The third-order valence-electron chi connectivity index (χ3n) is 6.02. The highest BCUT2D eigenvalue weighted by Crippen LogP contribution is 2.53. The van der Waals surface area contributed by atoms with Gasteiger partial charge in [0.05, 0.1) is 19.6 Å². The van der Waals surface area contributed by atoms with Gasteiger partial charge in [0.2, 0.25) is 0 Å². The minimum absolute atomic E-state index is 0.328. The maximum absolute atomic E-state index is 13.2. The molecule has 158 valence electrons. The number of ether oxygens (including phenoxy) is 2. The molecule has 1 fully saturated rings. The topological polar surface area (TPSA) is 93.9 Å². The van der Waals surface area contributed by atoms with Crippen molar-refractivity contribution < 1.29 is 19.2 Å². The Labute approximate surface area is 182 Å². The van der Waals surface area contributed by atoms with Crippen molar-refractivity contribution in [3.63, 3.8) is 0 Å². The Morgan fingerprint density at radius 1 is 1.33 bits per heavy atom. The standard InChI is InChI=1S/C21H22BrN3O5/c1-4-30-18-10-15(22)12(9-17(18)29-3)13-11-24(2)21(19(13)25(27)28)14-7-5-6-8-16(14)23-20(21)26/h5-10,13,19H,4,11H2,1-3H3,(H,23,26)/t13-,19-,21+/m0/s1. The number of likely N-dealkylation sites (N-methyl/N-ethyl adjacent to an activating group) is 1. The second kappa shape index (κ2) is 7.55. The van der Waals surface area contributed by atoms with E-state index in [-0.39, 0.29) is 10.8 Å². The van der Waals surface area contributed by atoms with Crippen LogP contribution in [0, 0.1) is 10.1 Å². The van der Waals surface area contributed by atoms with Gasteiger partial charge in [-0.05, 0) is 37.7 Å². The van der Waals surface area contributed by atoms with Gasteiger partial charge < -0.3 is 14.8 Å². The summed E-state index contributed by atoms with van der Waals surface area (Å²) in [4.78, 5) is 27.1. The molecule has 9 heteroatoms. The first-order chi connectivity index (χ1) is 14.4. The van der Waals surface area contributed by atoms with Crippen LogP contribution in [-0.2, 0) is 10.3 Å². The van der Waals surface area contributed by atoms with Crippen LogP contribution in [0.1, 0.15) is 24.0 Å². The number of anilines is 1. The van der Waals surface area contributed by atoms with Crippen LogP contribution in [0.2, 0.25) is 0 Å². The fourth-order valence-electron chi connectivity index (χ4n) is 4.82. The first-order valence-corrected chi connectivity index (χ1v) is 10.4. The fourth-order valence-corrected chi connectivity index (χ4v) is 5.44. The van der Waals surface area contributed by atoms with Crippen molar-refractivity contribution in [3.8, 4) is 11.5 Å². The van der Waals surface area contributed by atoms with Crippen molar-refractivity contribution in [2.24, 2.45) is 0 Å². The number of nitro groups is 1. The largest absolute Gasteiger partial charge is 0.493 e. The third-order valence-corrected chi connectivity index (χ3v) is 6.71. The molecule has 1 spiro atoms. The Morgan fingerprint density at radius 3 is 2.73 bits per heavy atom. The molecule has 8 nitrogen and oxygen atoms in total. The zero-order valence-corrected chi connectivity index (χ0v) is 18.4. The number of benzene rings is 2. The van der Waals surface area contributed by atoms with E-state index < -0.39 is 17.5 Å². The van der Waals surface area contributed by atoms with E-state index in [1.165, 1.54) is 7.11 Å². The Bertz CT molecular complexity index is 1030. The zero-order valence-electron chi connectivity index (χ0n) is 16.8. The molecule has 0 radical (unpaired) electrons. The molecule has 30 heavy (non-hydrogen) atoms. The molecule has 4 rings (SSSR count). The maximum Gasteiger partial charge on any atom is 0.256 e. The molecule has 2 aliphatic rings. The molecular formula is C21H22BrN3O5. The summed E-state index contributed by atoms with van der Waals surface area (Å²) < 4.78 is 11.8.